The van der Waals surface area contributed by atoms with Gasteiger partial charge in [-0.2, -0.15) is 18.4 Å². The lowest BCUT2D eigenvalue weighted by Gasteiger charge is -2.03. The smallest absolute Gasteiger partial charge is 0.324 e. The molecule has 0 unspecified atom stereocenters. The number of pyridine rings is 2. The normalized spacial score (nSPS) is 11.5. The van der Waals surface area contributed by atoms with Crippen LogP contribution in [0, 0.1) is 17.0 Å². The largest absolute Gasteiger partial charge is 0.447 e. The van der Waals surface area contributed by atoms with Crippen LogP contribution in [-0.2, 0) is 10.0 Å². The van der Waals surface area contributed by atoms with Crippen molar-refractivity contribution in [2.24, 2.45) is 5.10 Å². The number of aryl methyl sites for hydroxylation is 1. The number of hydrogen-bond donors (Lipinski definition) is 1. The van der Waals surface area contributed by atoms with Gasteiger partial charge >= 0.3 is 5.69 Å². The molecule has 1 N–H and O–H groups in total. The van der Waals surface area contributed by atoms with Crippen molar-refractivity contribution in [2.75, 3.05) is 0 Å². The highest BCUT2D eigenvalue weighted by Gasteiger charge is 2.31. The van der Waals surface area contributed by atoms with Crippen LogP contribution in [0.2, 0.25) is 0 Å². The van der Waals surface area contributed by atoms with E-state index < -0.39 is 14.9 Å². The predicted molar refractivity (Wildman–Crippen MR) is 121 cm³/mol. The summed E-state index contributed by atoms with van der Waals surface area (Å²) in [5, 5.41) is 15.7. The van der Waals surface area contributed by atoms with Gasteiger partial charge in [0.1, 0.15) is 11.3 Å². The van der Waals surface area contributed by atoms with Gasteiger partial charge in [0.05, 0.1) is 16.0 Å². The van der Waals surface area contributed by atoms with Gasteiger partial charge in [-0.05, 0) is 48.9 Å². The molecule has 0 aliphatic rings. The number of benzene rings is 1. The van der Waals surface area contributed by atoms with E-state index in [1.807, 2.05) is 6.92 Å². The van der Waals surface area contributed by atoms with Crippen LogP contribution in [0.3, 0.4) is 0 Å². The highest BCUT2D eigenvalue weighted by atomic mass is 32.2. The van der Waals surface area contributed by atoms with E-state index in [9.17, 15) is 18.5 Å². The molecule has 10 nitrogen and oxygen atoms in total. The summed E-state index contributed by atoms with van der Waals surface area (Å²) in [6.07, 6.45) is 7.05. The molecular weight excluding hydrogens is 446 g/mol. The number of hydrazone groups is 1. The Morgan fingerprint density at radius 2 is 1.55 bits per heavy atom. The van der Waals surface area contributed by atoms with Crippen LogP contribution in [0.5, 0.6) is 0 Å². The van der Waals surface area contributed by atoms with Crippen molar-refractivity contribution in [3.8, 4) is 22.5 Å². The average Bonchev–Trinajstić information content (AvgIpc) is 3.20. The van der Waals surface area contributed by atoms with Crippen molar-refractivity contribution in [3.63, 3.8) is 0 Å². The summed E-state index contributed by atoms with van der Waals surface area (Å²) in [6.45, 7) is 1.83. The Hall–Kier alpha value is -4.38. The lowest BCUT2D eigenvalue weighted by molar-refractivity contribution is -0.384. The van der Waals surface area contributed by atoms with E-state index in [0.29, 0.717) is 11.1 Å². The van der Waals surface area contributed by atoms with Crippen LogP contribution in [0.25, 0.3) is 22.5 Å². The van der Waals surface area contributed by atoms with E-state index in [-0.39, 0.29) is 27.7 Å². The lowest BCUT2D eigenvalue weighted by atomic mass is 10.0. The molecule has 11 heteroatoms. The highest BCUT2D eigenvalue weighted by Crippen LogP contribution is 2.43. The van der Waals surface area contributed by atoms with Crippen LogP contribution in [-0.4, -0.2) is 29.5 Å². The number of aromatic nitrogens is 2. The molecule has 33 heavy (non-hydrogen) atoms. The molecule has 1 aromatic carbocycles. The van der Waals surface area contributed by atoms with E-state index in [4.69, 9.17) is 4.42 Å². The summed E-state index contributed by atoms with van der Waals surface area (Å²) in [5.74, 6) is 0.00312. The van der Waals surface area contributed by atoms with Gasteiger partial charge in [-0.3, -0.25) is 20.1 Å². The molecule has 0 atom stereocenters. The first-order valence-electron chi connectivity index (χ1n) is 9.60. The molecule has 4 aromatic rings. The minimum absolute atomic E-state index is 0.00847. The quantitative estimate of drug-likeness (QED) is 0.249. The van der Waals surface area contributed by atoms with Crippen molar-refractivity contribution in [1.29, 1.82) is 0 Å². The summed E-state index contributed by atoms with van der Waals surface area (Å²) in [5.41, 5.74) is 1.82. The lowest BCUT2D eigenvalue weighted by Crippen LogP contribution is -2.18. The molecule has 0 spiro atoms. The third-order valence-corrected chi connectivity index (χ3v) is 5.93. The molecule has 0 radical (unpaired) electrons. The second-order valence-corrected chi connectivity index (χ2v) is 8.57. The molecule has 0 saturated heterocycles. The molecule has 0 saturated carbocycles. The van der Waals surface area contributed by atoms with Crippen molar-refractivity contribution in [2.45, 2.75) is 11.8 Å². The molecule has 3 aromatic heterocycles. The fourth-order valence-corrected chi connectivity index (χ4v) is 3.92. The SMILES string of the molecule is Cc1ccc(S(=O)(=O)N/N=C/c2oc(-c3ccncc3)c(-c3ccncc3)c2[N+](=O)[O-])cc1. The van der Waals surface area contributed by atoms with Crippen LogP contribution in [0.1, 0.15) is 11.3 Å². The fourth-order valence-electron chi connectivity index (χ4n) is 3.13. The van der Waals surface area contributed by atoms with E-state index in [2.05, 4.69) is 19.9 Å². The molecule has 0 aliphatic heterocycles. The average molecular weight is 463 g/mol. The standard InChI is InChI=1S/C22H17N5O5S/c1-15-2-4-18(5-3-15)33(30,31)26-25-14-19-21(27(28)29)20(16-6-10-23-11-7-16)22(32-19)17-8-12-24-13-9-17/h2-14,26H,1H3/b25-14+. The van der Waals surface area contributed by atoms with E-state index in [0.717, 1.165) is 11.8 Å². The van der Waals surface area contributed by atoms with Gasteiger partial charge < -0.3 is 4.42 Å². The number of hydrogen-bond acceptors (Lipinski definition) is 8. The molecule has 4 rings (SSSR count). The van der Waals surface area contributed by atoms with Gasteiger partial charge in [0.15, 0.2) is 0 Å². The van der Waals surface area contributed by atoms with Gasteiger partial charge in [-0.1, -0.05) is 17.7 Å². The van der Waals surface area contributed by atoms with Gasteiger partial charge in [0, 0.05) is 30.4 Å². The maximum atomic E-state index is 12.5. The number of rotatable bonds is 7. The van der Waals surface area contributed by atoms with Gasteiger partial charge in [-0.15, -0.1) is 0 Å². The highest BCUT2D eigenvalue weighted by molar-refractivity contribution is 7.89. The molecule has 0 amide bonds. The first kappa shape index (κ1) is 21.8. The van der Waals surface area contributed by atoms with Gasteiger partial charge in [0.25, 0.3) is 10.0 Å². The van der Waals surface area contributed by atoms with Crippen molar-refractivity contribution >= 4 is 21.9 Å². The molecule has 0 bridgehead atoms. The number of nitrogens with one attached hydrogen (secondary N) is 1. The van der Waals surface area contributed by atoms with Crippen LogP contribution in [0.4, 0.5) is 5.69 Å². The third kappa shape index (κ3) is 4.62. The Morgan fingerprint density at radius 1 is 0.970 bits per heavy atom. The fraction of sp³-hybridized carbons (Fsp3) is 0.0455. The van der Waals surface area contributed by atoms with Crippen molar-refractivity contribution in [3.05, 3.63) is 94.8 Å². The molecule has 0 fully saturated rings. The Bertz CT molecular complexity index is 1420. The second kappa shape index (κ2) is 9.01. The third-order valence-electron chi connectivity index (χ3n) is 4.69. The Balaban J connectivity index is 1.78. The van der Waals surface area contributed by atoms with Crippen LogP contribution >= 0.6 is 0 Å². The summed E-state index contributed by atoms with van der Waals surface area (Å²) in [7, 11) is -3.96. The maximum absolute atomic E-state index is 12.5. The number of sulfonamides is 1. The molecule has 166 valence electrons. The van der Waals surface area contributed by atoms with E-state index >= 15 is 0 Å². The molecular formula is C22H17N5O5S. The number of furan rings is 1. The van der Waals surface area contributed by atoms with Crippen molar-refractivity contribution in [1.82, 2.24) is 14.8 Å². The Morgan fingerprint density at radius 3 is 2.12 bits per heavy atom. The second-order valence-electron chi connectivity index (χ2n) is 6.91. The first-order chi connectivity index (χ1) is 15.9. The summed E-state index contributed by atoms with van der Waals surface area (Å²) < 4.78 is 30.7. The zero-order valence-electron chi connectivity index (χ0n) is 17.2. The Kier molecular flexibility index (Phi) is 5.96. The summed E-state index contributed by atoms with van der Waals surface area (Å²) in [4.78, 5) is 21.4. The van der Waals surface area contributed by atoms with Gasteiger partial charge in [0.2, 0.25) is 5.76 Å². The number of nitro groups is 1. The summed E-state index contributed by atoms with van der Waals surface area (Å²) >= 11 is 0. The minimum atomic E-state index is -3.96. The minimum Gasteiger partial charge on any atom is -0.447 e. The molecule has 0 aliphatic carbocycles. The van der Waals surface area contributed by atoms with Gasteiger partial charge in [-0.25, -0.2) is 0 Å². The topological polar surface area (TPSA) is 141 Å². The Labute approximate surface area is 188 Å². The molecule has 3 heterocycles. The van der Waals surface area contributed by atoms with E-state index in [1.54, 1.807) is 36.4 Å². The maximum Gasteiger partial charge on any atom is 0.324 e. The monoisotopic (exact) mass is 463 g/mol. The summed E-state index contributed by atoms with van der Waals surface area (Å²) in [6, 6.07) is 12.7. The van der Waals surface area contributed by atoms with Crippen LogP contribution in [0.15, 0.2) is 87.7 Å². The predicted octanol–water partition coefficient (Wildman–Crippen LogP) is 3.93. The zero-order chi connectivity index (χ0) is 23.4. The van der Waals surface area contributed by atoms with E-state index in [1.165, 1.54) is 36.9 Å². The zero-order valence-corrected chi connectivity index (χ0v) is 18.1. The number of nitrogens with zero attached hydrogens (tertiary/aromatic N) is 4. The van der Waals surface area contributed by atoms with Crippen molar-refractivity contribution < 1.29 is 17.8 Å². The first-order valence-corrected chi connectivity index (χ1v) is 11.1. The van der Waals surface area contributed by atoms with Crippen LogP contribution < -0.4 is 4.83 Å².